The average Bonchev–Trinajstić information content (AvgIpc) is 2.91. The Bertz CT molecular complexity index is 1400. The second kappa shape index (κ2) is 13.1. The van der Waals surface area contributed by atoms with Crippen LogP contribution in [0.4, 0.5) is 10.1 Å². The molecule has 0 aromatic heterocycles. The van der Waals surface area contributed by atoms with Gasteiger partial charge >= 0.3 is 0 Å². The summed E-state index contributed by atoms with van der Waals surface area (Å²) in [5.74, 6) is -1.62. The van der Waals surface area contributed by atoms with Crippen LogP contribution in [-0.2, 0) is 26.2 Å². The van der Waals surface area contributed by atoms with Gasteiger partial charge in [0.1, 0.15) is 18.4 Å². The van der Waals surface area contributed by atoms with Crippen molar-refractivity contribution in [2.75, 3.05) is 10.8 Å². The van der Waals surface area contributed by atoms with Gasteiger partial charge in [-0.15, -0.1) is 0 Å². The molecule has 7 nitrogen and oxygen atoms in total. The lowest BCUT2D eigenvalue weighted by Gasteiger charge is -2.32. The molecule has 0 aliphatic carbocycles. The van der Waals surface area contributed by atoms with Gasteiger partial charge in [0, 0.05) is 23.2 Å². The summed E-state index contributed by atoms with van der Waals surface area (Å²) in [5.41, 5.74) is 1.38. The summed E-state index contributed by atoms with van der Waals surface area (Å²) < 4.78 is 43.1. The van der Waals surface area contributed by atoms with E-state index in [1.165, 1.54) is 47.4 Å². The van der Waals surface area contributed by atoms with E-state index in [2.05, 4.69) is 5.32 Å². The molecule has 10 heteroatoms. The first-order chi connectivity index (χ1) is 18.4. The average molecular weight is 574 g/mol. The number of nitrogens with one attached hydrogen (secondary N) is 1. The number of rotatable bonds is 11. The third kappa shape index (κ3) is 7.58. The smallest absolute Gasteiger partial charge is 0.264 e. The van der Waals surface area contributed by atoms with Gasteiger partial charge in [0.2, 0.25) is 11.8 Å². The summed E-state index contributed by atoms with van der Waals surface area (Å²) in [6, 6.07) is 17.2. The molecule has 0 saturated carbocycles. The van der Waals surface area contributed by atoms with Crippen molar-refractivity contribution in [3.63, 3.8) is 0 Å². The maximum atomic E-state index is 14.6. The monoisotopic (exact) mass is 573 g/mol. The number of carbonyl (C=O) groups is 2. The molecule has 208 valence electrons. The van der Waals surface area contributed by atoms with E-state index in [0.29, 0.717) is 11.4 Å². The van der Waals surface area contributed by atoms with Crippen molar-refractivity contribution >= 4 is 39.1 Å². The maximum Gasteiger partial charge on any atom is 0.264 e. The molecule has 0 radical (unpaired) electrons. The lowest BCUT2D eigenvalue weighted by Crippen LogP contribution is -2.52. The molecular formula is C29H33ClFN3O4S. The fraction of sp³-hybridized carbons (Fsp3) is 0.310. The predicted molar refractivity (Wildman–Crippen MR) is 151 cm³/mol. The largest absolute Gasteiger partial charge is 0.352 e. The summed E-state index contributed by atoms with van der Waals surface area (Å²) >= 11 is 5.96. The molecule has 0 saturated heterocycles. The van der Waals surface area contributed by atoms with E-state index in [1.807, 2.05) is 20.8 Å². The molecule has 39 heavy (non-hydrogen) atoms. The molecule has 3 rings (SSSR count). The Morgan fingerprint density at radius 1 is 0.974 bits per heavy atom. The molecule has 0 bridgehead atoms. The summed E-state index contributed by atoms with van der Waals surface area (Å²) in [5, 5.41) is 3.21. The van der Waals surface area contributed by atoms with E-state index < -0.39 is 40.2 Å². The van der Waals surface area contributed by atoms with Gasteiger partial charge < -0.3 is 10.2 Å². The molecule has 0 heterocycles. The van der Waals surface area contributed by atoms with Gasteiger partial charge in [0.05, 0.1) is 10.6 Å². The highest BCUT2D eigenvalue weighted by molar-refractivity contribution is 7.92. The van der Waals surface area contributed by atoms with Gasteiger partial charge in [-0.3, -0.25) is 13.9 Å². The van der Waals surface area contributed by atoms with Crippen molar-refractivity contribution in [1.82, 2.24) is 10.2 Å². The molecule has 2 amide bonds. The number of carbonyl (C=O) groups excluding carboxylic acids is 2. The molecular weight excluding hydrogens is 541 g/mol. The van der Waals surface area contributed by atoms with Crippen molar-refractivity contribution in [3.8, 4) is 0 Å². The van der Waals surface area contributed by atoms with Crippen LogP contribution in [-0.4, -0.2) is 43.8 Å². The molecule has 0 spiro atoms. The molecule has 3 aromatic carbocycles. The van der Waals surface area contributed by atoms with Crippen LogP contribution in [0.3, 0.4) is 0 Å². The summed E-state index contributed by atoms with van der Waals surface area (Å²) in [6.45, 7) is 6.33. The van der Waals surface area contributed by atoms with Crippen LogP contribution in [0, 0.1) is 12.7 Å². The zero-order chi connectivity index (χ0) is 28.7. The Morgan fingerprint density at radius 3 is 2.18 bits per heavy atom. The van der Waals surface area contributed by atoms with Gasteiger partial charge in [0.15, 0.2) is 0 Å². The Morgan fingerprint density at radius 2 is 1.59 bits per heavy atom. The SMILES string of the molecule is CC[C@H](C)NC(=O)[C@H](C)N(Cc1ccccc1F)C(=O)CN(c1ccc(C)cc1)S(=O)(=O)c1ccc(Cl)cc1. The summed E-state index contributed by atoms with van der Waals surface area (Å²) in [4.78, 5) is 28.0. The van der Waals surface area contributed by atoms with Gasteiger partial charge in [-0.05, 0) is 69.7 Å². The van der Waals surface area contributed by atoms with E-state index in [-0.39, 0.29) is 28.7 Å². The number of anilines is 1. The van der Waals surface area contributed by atoms with E-state index in [1.54, 1.807) is 37.3 Å². The first-order valence-electron chi connectivity index (χ1n) is 12.6. The number of sulfonamides is 1. The van der Waals surface area contributed by atoms with E-state index in [4.69, 9.17) is 11.6 Å². The second-order valence-corrected chi connectivity index (χ2v) is 11.7. The quantitative estimate of drug-likeness (QED) is 0.337. The first kappa shape index (κ1) is 30.1. The van der Waals surface area contributed by atoms with E-state index >= 15 is 0 Å². The molecule has 0 fully saturated rings. The molecule has 0 aliphatic heterocycles. The highest BCUT2D eigenvalue weighted by atomic mass is 35.5. The number of halogens is 2. The van der Waals surface area contributed by atoms with Gasteiger partial charge in [-0.25, -0.2) is 12.8 Å². The van der Waals surface area contributed by atoms with Crippen LogP contribution in [0.15, 0.2) is 77.7 Å². The number of amides is 2. The highest BCUT2D eigenvalue weighted by Gasteiger charge is 2.33. The minimum absolute atomic E-state index is 0.0523. The zero-order valence-corrected chi connectivity index (χ0v) is 24.0. The van der Waals surface area contributed by atoms with Crippen molar-refractivity contribution < 1.29 is 22.4 Å². The van der Waals surface area contributed by atoms with Crippen LogP contribution in [0.25, 0.3) is 0 Å². The Hall–Kier alpha value is -3.43. The highest BCUT2D eigenvalue weighted by Crippen LogP contribution is 2.26. The van der Waals surface area contributed by atoms with Crippen LogP contribution in [0.2, 0.25) is 5.02 Å². The van der Waals surface area contributed by atoms with Gasteiger partial charge in [-0.1, -0.05) is 54.4 Å². The molecule has 2 atom stereocenters. The Labute approximate surface area is 234 Å². The van der Waals surface area contributed by atoms with Gasteiger partial charge in [-0.2, -0.15) is 0 Å². The summed E-state index contributed by atoms with van der Waals surface area (Å²) in [6.07, 6.45) is 0.681. The second-order valence-electron chi connectivity index (χ2n) is 9.41. The number of aryl methyl sites for hydroxylation is 1. The van der Waals surface area contributed by atoms with E-state index in [9.17, 15) is 22.4 Å². The Kier molecular flexibility index (Phi) is 10.1. The number of hydrogen-bond donors (Lipinski definition) is 1. The first-order valence-corrected chi connectivity index (χ1v) is 14.4. The standard InChI is InChI=1S/C29H33ClFN3O4S/c1-5-21(3)32-29(36)22(4)33(18-23-8-6-7-9-27(23)31)28(35)19-34(25-14-10-20(2)11-15-25)39(37,38)26-16-12-24(30)13-17-26/h6-17,21-22H,5,18-19H2,1-4H3,(H,32,36)/t21-,22-/m0/s1. The maximum absolute atomic E-state index is 14.6. The zero-order valence-electron chi connectivity index (χ0n) is 22.4. The van der Waals surface area contributed by atoms with Crippen molar-refractivity contribution in [2.24, 2.45) is 0 Å². The van der Waals surface area contributed by atoms with Gasteiger partial charge in [0.25, 0.3) is 10.0 Å². The lowest BCUT2D eigenvalue weighted by molar-refractivity contribution is -0.139. The van der Waals surface area contributed by atoms with Crippen molar-refractivity contribution in [2.45, 2.75) is 57.6 Å². The third-order valence-electron chi connectivity index (χ3n) is 6.47. The van der Waals surface area contributed by atoms with Crippen LogP contribution in [0.5, 0.6) is 0 Å². The topological polar surface area (TPSA) is 86.8 Å². The number of hydrogen-bond acceptors (Lipinski definition) is 4. The lowest BCUT2D eigenvalue weighted by atomic mass is 10.1. The molecule has 0 aliphatic rings. The van der Waals surface area contributed by atoms with Crippen molar-refractivity contribution in [1.29, 1.82) is 0 Å². The van der Waals surface area contributed by atoms with Crippen LogP contribution < -0.4 is 9.62 Å². The van der Waals surface area contributed by atoms with E-state index in [0.717, 1.165) is 9.87 Å². The Balaban J connectivity index is 2.03. The number of benzene rings is 3. The molecule has 3 aromatic rings. The minimum atomic E-state index is -4.21. The third-order valence-corrected chi connectivity index (χ3v) is 8.51. The predicted octanol–water partition coefficient (Wildman–Crippen LogP) is 5.31. The van der Waals surface area contributed by atoms with Crippen LogP contribution >= 0.6 is 11.6 Å². The minimum Gasteiger partial charge on any atom is -0.352 e. The molecule has 1 N–H and O–H groups in total. The normalized spacial score (nSPS) is 12.9. The number of nitrogens with zero attached hydrogens (tertiary/aromatic N) is 2. The fourth-order valence-corrected chi connectivity index (χ4v) is 5.37. The molecule has 0 unspecified atom stereocenters. The fourth-order valence-electron chi connectivity index (χ4n) is 3.83. The van der Waals surface area contributed by atoms with Crippen LogP contribution in [0.1, 0.15) is 38.3 Å². The summed E-state index contributed by atoms with van der Waals surface area (Å²) in [7, 11) is -4.21. The van der Waals surface area contributed by atoms with Crippen molar-refractivity contribution in [3.05, 3.63) is 94.8 Å².